The van der Waals surface area contributed by atoms with E-state index in [1.807, 2.05) is 0 Å². The third-order valence-electron chi connectivity index (χ3n) is 3.66. The third-order valence-corrected chi connectivity index (χ3v) is 3.66. The van der Waals surface area contributed by atoms with Gasteiger partial charge in [-0.3, -0.25) is 0 Å². The van der Waals surface area contributed by atoms with Crippen LogP contribution in [0.1, 0.15) is 59.8 Å². The average molecular weight is 274 g/mol. The van der Waals surface area contributed by atoms with E-state index in [0.29, 0.717) is 11.8 Å². The predicted molar refractivity (Wildman–Crippen MR) is 86.8 cm³/mol. The van der Waals surface area contributed by atoms with Crippen LogP contribution < -0.4 is 22.9 Å². The van der Waals surface area contributed by atoms with Gasteiger partial charge in [-0.05, 0) is 71.0 Å². The molecule has 0 aliphatic carbocycles. The van der Waals surface area contributed by atoms with E-state index < -0.39 is 0 Å². The highest BCUT2D eigenvalue weighted by Gasteiger charge is 2.19. The molecule has 118 valence electrons. The van der Waals surface area contributed by atoms with Gasteiger partial charge in [0.1, 0.15) is 0 Å². The zero-order valence-electron chi connectivity index (χ0n) is 13.6. The lowest BCUT2D eigenvalue weighted by molar-refractivity contribution is 0.318. The van der Waals surface area contributed by atoms with Crippen molar-refractivity contribution in [3.05, 3.63) is 0 Å². The number of nitrogens with two attached hydrogens (primary N) is 4. The standard InChI is InChI=1S/C9H22N2.C6H16N2/c1-8(9(2,3)11)6-4-5-7-10;1-6(5-8)3-2-4-7/h8H,4-7,10-11H2,1-3H3;6H,2-5,7-8H2,1H3. The fourth-order valence-electron chi connectivity index (χ4n) is 1.55. The minimum absolute atomic E-state index is 0.0331. The molecule has 0 saturated carbocycles. The summed E-state index contributed by atoms with van der Waals surface area (Å²) in [7, 11) is 0. The molecule has 2 unspecified atom stereocenters. The zero-order valence-corrected chi connectivity index (χ0v) is 13.6. The van der Waals surface area contributed by atoms with Crippen LogP contribution in [0.25, 0.3) is 0 Å². The van der Waals surface area contributed by atoms with Crippen LogP contribution in [0.4, 0.5) is 0 Å². The van der Waals surface area contributed by atoms with Crippen LogP contribution >= 0.6 is 0 Å². The van der Waals surface area contributed by atoms with Gasteiger partial charge in [-0.15, -0.1) is 0 Å². The highest BCUT2D eigenvalue weighted by molar-refractivity contribution is 4.78. The Balaban J connectivity index is 0. The molecule has 0 radical (unpaired) electrons. The molecule has 0 bridgehead atoms. The normalized spacial score (nSPS) is 14.5. The summed E-state index contributed by atoms with van der Waals surface area (Å²) in [4.78, 5) is 0. The van der Waals surface area contributed by atoms with Gasteiger partial charge >= 0.3 is 0 Å². The Bertz CT molecular complexity index is 177. The molecule has 0 aliphatic heterocycles. The summed E-state index contributed by atoms with van der Waals surface area (Å²) < 4.78 is 0. The van der Waals surface area contributed by atoms with Crippen LogP contribution in [0.2, 0.25) is 0 Å². The second-order valence-corrected chi connectivity index (χ2v) is 6.28. The van der Waals surface area contributed by atoms with E-state index in [2.05, 4.69) is 27.7 Å². The van der Waals surface area contributed by atoms with Crippen LogP contribution in [-0.4, -0.2) is 25.2 Å². The number of hydrogen-bond acceptors (Lipinski definition) is 4. The van der Waals surface area contributed by atoms with E-state index >= 15 is 0 Å². The van der Waals surface area contributed by atoms with Crippen molar-refractivity contribution in [2.45, 2.75) is 65.3 Å². The first-order valence-corrected chi connectivity index (χ1v) is 7.68. The Morgan fingerprint density at radius 1 is 0.842 bits per heavy atom. The highest BCUT2D eigenvalue weighted by atomic mass is 14.7. The number of hydrogen-bond donors (Lipinski definition) is 4. The quantitative estimate of drug-likeness (QED) is 0.481. The monoisotopic (exact) mass is 274 g/mol. The lowest BCUT2D eigenvalue weighted by atomic mass is 9.86. The van der Waals surface area contributed by atoms with Gasteiger partial charge in [0.2, 0.25) is 0 Å². The third kappa shape index (κ3) is 15.8. The first-order valence-electron chi connectivity index (χ1n) is 7.68. The molecule has 8 N–H and O–H groups in total. The Morgan fingerprint density at radius 3 is 1.74 bits per heavy atom. The molecule has 0 aromatic heterocycles. The maximum Gasteiger partial charge on any atom is 0.0123 e. The maximum atomic E-state index is 5.93. The van der Waals surface area contributed by atoms with Gasteiger partial charge in [-0.1, -0.05) is 20.3 Å². The van der Waals surface area contributed by atoms with Gasteiger partial charge in [0, 0.05) is 5.54 Å². The lowest BCUT2D eigenvalue weighted by Crippen LogP contribution is -2.39. The summed E-state index contributed by atoms with van der Waals surface area (Å²) in [5, 5.41) is 0. The molecule has 4 heteroatoms. The molecule has 0 aliphatic rings. The summed E-state index contributed by atoms with van der Waals surface area (Å²) >= 11 is 0. The van der Waals surface area contributed by atoms with Crippen molar-refractivity contribution in [2.24, 2.45) is 34.8 Å². The molecular weight excluding hydrogens is 236 g/mol. The second-order valence-electron chi connectivity index (χ2n) is 6.28. The van der Waals surface area contributed by atoms with Crippen molar-refractivity contribution in [1.29, 1.82) is 0 Å². The summed E-state index contributed by atoms with van der Waals surface area (Å²) in [6, 6.07) is 0. The van der Waals surface area contributed by atoms with Gasteiger partial charge in [-0.25, -0.2) is 0 Å². The molecule has 0 fully saturated rings. The molecule has 0 heterocycles. The fourth-order valence-corrected chi connectivity index (χ4v) is 1.55. The first kappa shape index (κ1) is 21.1. The minimum Gasteiger partial charge on any atom is -0.330 e. The topological polar surface area (TPSA) is 104 Å². The number of rotatable bonds is 9. The molecule has 0 rings (SSSR count). The van der Waals surface area contributed by atoms with Gasteiger partial charge in [-0.2, -0.15) is 0 Å². The molecule has 0 amide bonds. The molecule has 0 aromatic rings. The smallest absolute Gasteiger partial charge is 0.0123 e. The van der Waals surface area contributed by atoms with Crippen molar-refractivity contribution >= 4 is 0 Å². The molecule has 2 atom stereocenters. The Kier molecular flexibility index (Phi) is 14.3. The number of unbranched alkanes of at least 4 members (excludes halogenated alkanes) is 1. The summed E-state index contributed by atoms with van der Waals surface area (Å²) in [5.74, 6) is 1.24. The van der Waals surface area contributed by atoms with Gasteiger partial charge in [0.25, 0.3) is 0 Å². The largest absolute Gasteiger partial charge is 0.330 e. The van der Waals surface area contributed by atoms with Crippen LogP contribution in [0, 0.1) is 11.8 Å². The second kappa shape index (κ2) is 12.9. The van der Waals surface area contributed by atoms with Crippen LogP contribution in [0.3, 0.4) is 0 Å². The Morgan fingerprint density at radius 2 is 1.37 bits per heavy atom. The van der Waals surface area contributed by atoms with E-state index in [0.717, 1.165) is 32.5 Å². The average Bonchev–Trinajstić information content (AvgIpc) is 2.35. The molecule has 0 spiro atoms. The first-order chi connectivity index (χ1) is 8.79. The SMILES string of the molecule is CC(CCCCN)C(C)(C)N.CC(CN)CCCN. The maximum absolute atomic E-state index is 5.93. The van der Waals surface area contributed by atoms with Crippen LogP contribution in [-0.2, 0) is 0 Å². The van der Waals surface area contributed by atoms with E-state index in [4.69, 9.17) is 22.9 Å². The van der Waals surface area contributed by atoms with Gasteiger partial charge in [0.05, 0.1) is 0 Å². The lowest BCUT2D eigenvalue weighted by Gasteiger charge is -2.27. The molecular formula is C15H38N4. The fraction of sp³-hybridized carbons (Fsp3) is 1.00. The highest BCUT2D eigenvalue weighted by Crippen LogP contribution is 2.18. The van der Waals surface area contributed by atoms with Gasteiger partial charge < -0.3 is 22.9 Å². The van der Waals surface area contributed by atoms with Crippen molar-refractivity contribution in [2.75, 3.05) is 19.6 Å². The van der Waals surface area contributed by atoms with Crippen LogP contribution in [0.5, 0.6) is 0 Å². The van der Waals surface area contributed by atoms with Crippen molar-refractivity contribution in [3.8, 4) is 0 Å². The predicted octanol–water partition coefficient (Wildman–Crippen LogP) is 1.81. The van der Waals surface area contributed by atoms with Crippen molar-refractivity contribution in [3.63, 3.8) is 0 Å². The molecule has 0 aromatic carbocycles. The van der Waals surface area contributed by atoms with E-state index in [1.54, 1.807) is 0 Å². The van der Waals surface area contributed by atoms with Crippen molar-refractivity contribution < 1.29 is 0 Å². The molecule has 19 heavy (non-hydrogen) atoms. The molecule has 4 nitrogen and oxygen atoms in total. The van der Waals surface area contributed by atoms with Crippen molar-refractivity contribution in [1.82, 2.24) is 0 Å². The molecule has 0 saturated heterocycles. The summed E-state index contributed by atoms with van der Waals surface area (Å²) in [6.45, 7) is 10.9. The summed E-state index contributed by atoms with van der Waals surface area (Å²) in [5.41, 5.74) is 22.0. The van der Waals surface area contributed by atoms with Gasteiger partial charge in [0.15, 0.2) is 0 Å². The van der Waals surface area contributed by atoms with Crippen LogP contribution in [0.15, 0.2) is 0 Å². The van der Waals surface area contributed by atoms with E-state index in [9.17, 15) is 0 Å². The van der Waals surface area contributed by atoms with E-state index in [1.165, 1.54) is 19.3 Å². The summed E-state index contributed by atoms with van der Waals surface area (Å²) in [6.07, 6.45) is 5.81. The zero-order chi connectivity index (χ0) is 15.3. The Hall–Kier alpha value is -0.160. The van der Waals surface area contributed by atoms with E-state index in [-0.39, 0.29) is 5.54 Å². The minimum atomic E-state index is -0.0331. The Labute approximate surface area is 120 Å².